The molecule has 2 fully saturated rings. The Balaban J connectivity index is 1.65. The fourth-order valence-electron chi connectivity index (χ4n) is 3.46. The van der Waals surface area contributed by atoms with E-state index < -0.39 is 23.2 Å². The lowest BCUT2D eigenvalue weighted by atomic mass is 9.90. The highest BCUT2D eigenvalue weighted by Crippen LogP contribution is 2.51. The zero-order valence-electron chi connectivity index (χ0n) is 14.3. The van der Waals surface area contributed by atoms with Crippen molar-refractivity contribution in [1.82, 2.24) is 4.90 Å². The van der Waals surface area contributed by atoms with E-state index in [1.54, 1.807) is 11.8 Å². The van der Waals surface area contributed by atoms with Gasteiger partial charge < -0.3 is 14.7 Å². The van der Waals surface area contributed by atoms with E-state index in [2.05, 4.69) is 4.74 Å². The average molecular weight is 371 g/mol. The Hall–Kier alpha value is -2.25. The molecule has 0 bridgehead atoms. The molecule has 1 amide bonds. The van der Waals surface area contributed by atoms with Gasteiger partial charge in [-0.15, -0.1) is 13.2 Å². The number of ether oxygens (including phenoxy) is 1. The summed E-state index contributed by atoms with van der Waals surface area (Å²) in [5, 5.41) is 9.30. The Morgan fingerprint density at radius 3 is 2.27 bits per heavy atom. The van der Waals surface area contributed by atoms with E-state index >= 15 is 0 Å². The largest absolute Gasteiger partial charge is 0.573 e. The normalized spacial score (nSPS) is 24.4. The van der Waals surface area contributed by atoms with E-state index in [1.165, 1.54) is 24.3 Å². The molecule has 1 aliphatic heterocycles. The number of alkyl halides is 3. The summed E-state index contributed by atoms with van der Waals surface area (Å²) in [7, 11) is 0. The highest BCUT2D eigenvalue weighted by atomic mass is 19.4. The van der Waals surface area contributed by atoms with Gasteiger partial charge in [-0.1, -0.05) is 12.1 Å². The number of hydrogen-bond acceptors (Lipinski definition) is 3. The maximum Gasteiger partial charge on any atom is 0.573 e. The summed E-state index contributed by atoms with van der Waals surface area (Å²) >= 11 is 0. The molecule has 1 atom stereocenters. The van der Waals surface area contributed by atoms with Crippen LogP contribution in [-0.4, -0.2) is 41.3 Å². The Labute approximate surface area is 148 Å². The van der Waals surface area contributed by atoms with Crippen molar-refractivity contribution in [2.24, 2.45) is 10.8 Å². The summed E-state index contributed by atoms with van der Waals surface area (Å²) in [6, 6.07) is 5.53. The van der Waals surface area contributed by atoms with Gasteiger partial charge in [-0.05, 0) is 50.3 Å². The molecule has 1 N–H and O–H groups in total. The highest BCUT2D eigenvalue weighted by Gasteiger charge is 2.54. The van der Waals surface area contributed by atoms with Gasteiger partial charge in [0.05, 0.1) is 10.8 Å². The lowest BCUT2D eigenvalue weighted by Crippen LogP contribution is -2.39. The fraction of sp³-hybridized carbons (Fsp3) is 0.556. The number of rotatable bonds is 5. The number of benzene rings is 1. The van der Waals surface area contributed by atoms with E-state index in [9.17, 15) is 27.9 Å². The van der Waals surface area contributed by atoms with Crippen LogP contribution in [0.4, 0.5) is 13.2 Å². The number of carboxylic acids is 1. The number of carboxylic acid groups (broad SMARTS) is 1. The highest BCUT2D eigenvalue weighted by molar-refractivity contribution is 5.87. The maximum atomic E-state index is 12.9. The van der Waals surface area contributed by atoms with E-state index in [-0.39, 0.29) is 18.2 Å². The van der Waals surface area contributed by atoms with Crippen molar-refractivity contribution in [2.75, 3.05) is 13.1 Å². The van der Waals surface area contributed by atoms with Gasteiger partial charge in [0.2, 0.25) is 5.91 Å². The van der Waals surface area contributed by atoms with Crippen LogP contribution in [-0.2, 0) is 16.0 Å². The predicted molar refractivity (Wildman–Crippen MR) is 85.4 cm³/mol. The third-order valence-electron chi connectivity index (χ3n) is 5.28. The second-order valence-electron chi connectivity index (χ2n) is 7.49. The molecule has 1 aromatic carbocycles. The van der Waals surface area contributed by atoms with Gasteiger partial charge in [-0.25, -0.2) is 0 Å². The average Bonchev–Trinajstić information content (AvgIpc) is 3.21. The van der Waals surface area contributed by atoms with Crippen LogP contribution in [0, 0.1) is 10.8 Å². The van der Waals surface area contributed by atoms with Crippen LogP contribution in [0.1, 0.15) is 31.7 Å². The Kier molecular flexibility index (Phi) is 4.40. The summed E-state index contributed by atoms with van der Waals surface area (Å²) < 4.78 is 40.5. The summed E-state index contributed by atoms with van der Waals surface area (Å²) in [4.78, 5) is 25.8. The SMILES string of the molecule is CC1(C(=O)O)CCN(C(=O)C2(Cc3ccc(OC(F)(F)F)cc3)CC2)C1. The molecule has 1 unspecified atom stereocenters. The number of carbonyl (C=O) groups excluding carboxylic acids is 1. The number of halogens is 3. The Bertz CT molecular complexity index is 712. The van der Waals surface area contributed by atoms with Gasteiger partial charge >= 0.3 is 12.3 Å². The van der Waals surface area contributed by atoms with Crippen LogP contribution in [0.2, 0.25) is 0 Å². The fourth-order valence-corrected chi connectivity index (χ4v) is 3.46. The van der Waals surface area contributed by atoms with Crippen LogP contribution in [0.5, 0.6) is 5.75 Å². The van der Waals surface area contributed by atoms with Gasteiger partial charge in [0.1, 0.15) is 5.75 Å². The number of amides is 1. The molecule has 0 aromatic heterocycles. The third kappa shape index (κ3) is 3.78. The first kappa shape index (κ1) is 18.5. The molecule has 3 rings (SSSR count). The van der Waals surface area contributed by atoms with Crippen LogP contribution in [0.25, 0.3) is 0 Å². The molecule has 2 aliphatic rings. The molecule has 5 nitrogen and oxygen atoms in total. The van der Waals surface area contributed by atoms with Gasteiger partial charge in [-0.3, -0.25) is 9.59 Å². The van der Waals surface area contributed by atoms with Crippen molar-refractivity contribution < 1.29 is 32.6 Å². The molecular weight excluding hydrogens is 351 g/mol. The maximum absolute atomic E-state index is 12.9. The van der Waals surface area contributed by atoms with Gasteiger partial charge in [0, 0.05) is 13.1 Å². The van der Waals surface area contributed by atoms with E-state index in [0.717, 1.165) is 5.56 Å². The quantitative estimate of drug-likeness (QED) is 0.863. The third-order valence-corrected chi connectivity index (χ3v) is 5.28. The number of hydrogen-bond donors (Lipinski definition) is 1. The zero-order valence-corrected chi connectivity index (χ0v) is 14.3. The van der Waals surface area contributed by atoms with Crippen LogP contribution >= 0.6 is 0 Å². The zero-order chi connectivity index (χ0) is 19.2. The molecule has 0 radical (unpaired) electrons. The summed E-state index contributed by atoms with van der Waals surface area (Å²) in [5.74, 6) is -1.26. The molecule has 26 heavy (non-hydrogen) atoms. The topological polar surface area (TPSA) is 66.8 Å². The first-order valence-corrected chi connectivity index (χ1v) is 8.41. The molecule has 8 heteroatoms. The summed E-state index contributed by atoms with van der Waals surface area (Å²) in [5.41, 5.74) is -0.719. The van der Waals surface area contributed by atoms with Crippen LogP contribution in [0.3, 0.4) is 0 Å². The molecule has 1 heterocycles. The van der Waals surface area contributed by atoms with Crippen molar-refractivity contribution in [1.29, 1.82) is 0 Å². The van der Waals surface area contributed by atoms with Crippen molar-refractivity contribution in [3.63, 3.8) is 0 Å². The second-order valence-corrected chi connectivity index (χ2v) is 7.49. The van der Waals surface area contributed by atoms with E-state index in [1.807, 2.05) is 0 Å². The molecular formula is C18H20F3NO4. The molecule has 1 saturated heterocycles. The molecule has 142 valence electrons. The molecule has 1 saturated carbocycles. The van der Waals surface area contributed by atoms with Gasteiger partial charge in [-0.2, -0.15) is 0 Å². The first-order chi connectivity index (χ1) is 12.0. The summed E-state index contributed by atoms with van der Waals surface area (Å²) in [6.45, 7) is 2.25. The smallest absolute Gasteiger partial charge is 0.481 e. The first-order valence-electron chi connectivity index (χ1n) is 8.41. The standard InChI is InChI=1S/C18H20F3NO4/c1-16(15(24)25)8-9-22(11-16)14(23)17(6-7-17)10-12-2-4-13(5-3-12)26-18(19,20)21/h2-5H,6-11H2,1H3,(H,24,25). The molecule has 1 aliphatic carbocycles. The minimum absolute atomic E-state index is 0.0573. The number of carbonyl (C=O) groups is 2. The van der Waals surface area contributed by atoms with Crippen molar-refractivity contribution in [3.05, 3.63) is 29.8 Å². The molecule has 1 aromatic rings. The summed E-state index contributed by atoms with van der Waals surface area (Å²) in [6.07, 6.45) is -2.48. The monoisotopic (exact) mass is 371 g/mol. The minimum atomic E-state index is -4.73. The molecule has 0 spiro atoms. The predicted octanol–water partition coefficient (Wildman–Crippen LogP) is 3.23. The number of aliphatic carboxylic acids is 1. The van der Waals surface area contributed by atoms with E-state index in [0.29, 0.717) is 32.2 Å². The lowest BCUT2D eigenvalue weighted by molar-refractivity contribution is -0.274. The van der Waals surface area contributed by atoms with Crippen LogP contribution < -0.4 is 4.74 Å². The Morgan fingerprint density at radius 2 is 1.81 bits per heavy atom. The van der Waals surface area contributed by atoms with Crippen LogP contribution in [0.15, 0.2) is 24.3 Å². The number of nitrogens with zero attached hydrogens (tertiary/aromatic N) is 1. The second kappa shape index (κ2) is 6.17. The van der Waals surface area contributed by atoms with Gasteiger partial charge in [0.25, 0.3) is 0 Å². The lowest BCUT2D eigenvalue weighted by Gasteiger charge is -2.25. The van der Waals surface area contributed by atoms with Gasteiger partial charge in [0.15, 0.2) is 0 Å². The number of likely N-dealkylation sites (tertiary alicyclic amines) is 1. The van der Waals surface area contributed by atoms with Crippen molar-refractivity contribution >= 4 is 11.9 Å². The van der Waals surface area contributed by atoms with E-state index in [4.69, 9.17) is 0 Å². The van der Waals surface area contributed by atoms with Crippen molar-refractivity contribution in [3.8, 4) is 5.75 Å². The van der Waals surface area contributed by atoms with Crippen molar-refractivity contribution in [2.45, 2.75) is 39.0 Å². The Morgan fingerprint density at radius 1 is 1.19 bits per heavy atom. The minimum Gasteiger partial charge on any atom is -0.481 e.